The third-order valence-electron chi connectivity index (χ3n) is 4.61. The van der Waals surface area contributed by atoms with Crippen LogP contribution in [0.3, 0.4) is 0 Å². The van der Waals surface area contributed by atoms with E-state index in [4.69, 9.17) is 4.74 Å². The Morgan fingerprint density at radius 2 is 1.56 bits per heavy atom. The van der Waals surface area contributed by atoms with Gasteiger partial charge in [-0.15, -0.1) is 10.2 Å². The second kappa shape index (κ2) is 7.03. The summed E-state index contributed by atoms with van der Waals surface area (Å²) in [7, 11) is 1.60. The third kappa shape index (κ3) is 3.19. The molecule has 0 atom stereocenters. The van der Waals surface area contributed by atoms with Crippen LogP contribution in [0.5, 0.6) is 5.88 Å². The summed E-state index contributed by atoms with van der Waals surface area (Å²) in [6, 6.07) is 20.6. The van der Waals surface area contributed by atoms with Crippen molar-refractivity contribution in [2.45, 2.75) is 13.8 Å². The van der Waals surface area contributed by atoms with Gasteiger partial charge in [-0.05, 0) is 36.6 Å². The summed E-state index contributed by atoms with van der Waals surface area (Å²) in [4.78, 5) is 4.29. The van der Waals surface area contributed by atoms with E-state index in [9.17, 15) is 0 Å². The molecule has 4 rings (SSSR count). The van der Waals surface area contributed by atoms with Crippen LogP contribution in [0.15, 0.2) is 66.9 Å². The van der Waals surface area contributed by atoms with Crippen molar-refractivity contribution in [1.29, 1.82) is 0 Å². The van der Waals surface area contributed by atoms with Crippen molar-refractivity contribution in [3.05, 3.63) is 78.2 Å². The zero-order valence-electron chi connectivity index (χ0n) is 15.5. The summed E-state index contributed by atoms with van der Waals surface area (Å²) < 4.78 is 7.14. The van der Waals surface area contributed by atoms with E-state index in [1.165, 1.54) is 16.7 Å². The van der Waals surface area contributed by atoms with Gasteiger partial charge < -0.3 is 4.74 Å². The van der Waals surface area contributed by atoms with Crippen LogP contribution in [0.1, 0.15) is 11.4 Å². The highest BCUT2D eigenvalue weighted by Crippen LogP contribution is 2.28. The van der Waals surface area contributed by atoms with Crippen molar-refractivity contribution in [1.82, 2.24) is 19.7 Å². The molecule has 5 nitrogen and oxygen atoms in total. The smallest absolute Gasteiger partial charge is 0.213 e. The molecule has 5 heteroatoms. The molecule has 0 bridgehead atoms. The van der Waals surface area contributed by atoms with Gasteiger partial charge in [-0.3, -0.25) is 4.57 Å². The predicted octanol–water partition coefficient (Wildman–Crippen LogP) is 4.62. The average Bonchev–Trinajstić information content (AvgIpc) is 3.10. The number of pyridine rings is 1. The first-order chi connectivity index (χ1) is 13.2. The van der Waals surface area contributed by atoms with Gasteiger partial charge in [0.15, 0.2) is 5.82 Å². The number of nitrogens with zero attached hydrogens (tertiary/aromatic N) is 4. The van der Waals surface area contributed by atoms with E-state index in [0.717, 1.165) is 22.9 Å². The number of aryl methyl sites for hydroxylation is 2. The molecule has 0 aliphatic carbocycles. The Morgan fingerprint density at radius 1 is 0.815 bits per heavy atom. The Labute approximate surface area is 158 Å². The van der Waals surface area contributed by atoms with E-state index in [0.29, 0.717) is 5.88 Å². The van der Waals surface area contributed by atoms with Crippen molar-refractivity contribution < 1.29 is 4.74 Å². The highest BCUT2D eigenvalue weighted by molar-refractivity contribution is 5.70. The molecule has 2 aromatic carbocycles. The lowest BCUT2D eigenvalue weighted by Crippen LogP contribution is -2.01. The zero-order chi connectivity index (χ0) is 18.8. The maximum Gasteiger partial charge on any atom is 0.213 e. The standard InChI is InChI=1S/C22H20N4O/c1-15-6-4-5-7-20(15)17-8-10-18(11-9-17)22-25-24-16(2)26(22)19-12-13-21(27-3)23-14-19/h4-14H,1-3H3. The molecule has 2 heterocycles. The lowest BCUT2D eigenvalue weighted by molar-refractivity contribution is 0.398. The normalized spacial score (nSPS) is 10.8. The number of hydrogen-bond acceptors (Lipinski definition) is 4. The second-order valence-electron chi connectivity index (χ2n) is 6.36. The number of rotatable bonds is 4. The largest absolute Gasteiger partial charge is 0.481 e. The van der Waals surface area contributed by atoms with Crippen LogP contribution in [0.2, 0.25) is 0 Å². The van der Waals surface area contributed by atoms with E-state index in [1.807, 2.05) is 23.6 Å². The first kappa shape index (κ1) is 17.0. The van der Waals surface area contributed by atoms with E-state index in [-0.39, 0.29) is 0 Å². The molecule has 134 valence electrons. The summed E-state index contributed by atoms with van der Waals surface area (Å²) in [6.45, 7) is 4.06. The summed E-state index contributed by atoms with van der Waals surface area (Å²) in [5, 5.41) is 8.64. The quantitative estimate of drug-likeness (QED) is 0.535. The Balaban J connectivity index is 1.73. The highest BCUT2D eigenvalue weighted by atomic mass is 16.5. The fourth-order valence-electron chi connectivity index (χ4n) is 3.18. The lowest BCUT2D eigenvalue weighted by atomic mass is 9.99. The van der Waals surface area contributed by atoms with E-state index in [2.05, 4.69) is 70.6 Å². The van der Waals surface area contributed by atoms with Gasteiger partial charge in [-0.25, -0.2) is 4.98 Å². The molecule has 0 radical (unpaired) electrons. The number of benzene rings is 2. The third-order valence-corrected chi connectivity index (χ3v) is 4.61. The maximum atomic E-state index is 5.14. The van der Waals surface area contributed by atoms with Crippen molar-refractivity contribution in [3.63, 3.8) is 0 Å². The minimum Gasteiger partial charge on any atom is -0.481 e. The molecule has 0 aliphatic rings. The van der Waals surface area contributed by atoms with Gasteiger partial charge in [-0.1, -0.05) is 48.5 Å². The fourth-order valence-corrected chi connectivity index (χ4v) is 3.18. The molecule has 0 N–H and O–H groups in total. The molecule has 27 heavy (non-hydrogen) atoms. The molecule has 0 fully saturated rings. The van der Waals surface area contributed by atoms with Crippen molar-refractivity contribution in [3.8, 4) is 34.1 Å². The number of hydrogen-bond donors (Lipinski definition) is 0. The number of ether oxygens (including phenoxy) is 1. The maximum absolute atomic E-state index is 5.14. The minimum atomic E-state index is 0.577. The lowest BCUT2D eigenvalue weighted by Gasteiger charge is -2.10. The van der Waals surface area contributed by atoms with Crippen LogP contribution >= 0.6 is 0 Å². The van der Waals surface area contributed by atoms with Gasteiger partial charge >= 0.3 is 0 Å². The van der Waals surface area contributed by atoms with Crippen LogP contribution in [0, 0.1) is 13.8 Å². The molecule has 4 aromatic rings. The monoisotopic (exact) mass is 356 g/mol. The van der Waals surface area contributed by atoms with Crippen molar-refractivity contribution in [2.75, 3.05) is 7.11 Å². The van der Waals surface area contributed by atoms with Gasteiger partial charge in [-0.2, -0.15) is 0 Å². The number of aromatic nitrogens is 4. The summed E-state index contributed by atoms with van der Waals surface area (Å²) >= 11 is 0. The van der Waals surface area contributed by atoms with Crippen LogP contribution in [-0.4, -0.2) is 26.9 Å². The van der Waals surface area contributed by atoms with Crippen LogP contribution < -0.4 is 4.74 Å². The Bertz CT molecular complexity index is 1070. The van der Waals surface area contributed by atoms with Crippen molar-refractivity contribution in [2.24, 2.45) is 0 Å². The van der Waals surface area contributed by atoms with Gasteiger partial charge in [0.2, 0.25) is 5.88 Å². The van der Waals surface area contributed by atoms with Gasteiger partial charge in [0.1, 0.15) is 5.82 Å². The molecule has 0 amide bonds. The van der Waals surface area contributed by atoms with Crippen LogP contribution in [0.25, 0.3) is 28.2 Å². The molecule has 0 unspecified atom stereocenters. The zero-order valence-corrected chi connectivity index (χ0v) is 15.5. The fraction of sp³-hybridized carbons (Fsp3) is 0.136. The van der Waals surface area contributed by atoms with Crippen LogP contribution in [-0.2, 0) is 0 Å². The van der Waals surface area contributed by atoms with E-state index in [1.54, 1.807) is 13.3 Å². The van der Waals surface area contributed by atoms with Crippen LogP contribution in [0.4, 0.5) is 0 Å². The average molecular weight is 356 g/mol. The minimum absolute atomic E-state index is 0.577. The first-order valence-corrected chi connectivity index (χ1v) is 8.76. The Kier molecular flexibility index (Phi) is 4.42. The molecular formula is C22H20N4O. The molecule has 0 spiro atoms. The molecular weight excluding hydrogens is 336 g/mol. The molecule has 2 aromatic heterocycles. The predicted molar refractivity (Wildman–Crippen MR) is 106 cm³/mol. The summed E-state index contributed by atoms with van der Waals surface area (Å²) in [5.41, 5.74) is 5.58. The van der Waals surface area contributed by atoms with Gasteiger partial charge in [0.25, 0.3) is 0 Å². The first-order valence-electron chi connectivity index (χ1n) is 8.76. The van der Waals surface area contributed by atoms with E-state index >= 15 is 0 Å². The Hall–Kier alpha value is -3.47. The molecule has 0 saturated heterocycles. The van der Waals surface area contributed by atoms with Gasteiger partial charge in [0, 0.05) is 11.6 Å². The second-order valence-corrected chi connectivity index (χ2v) is 6.36. The molecule has 0 aliphatic heterocycles. The van der Waals surface area contributed by atoms with Crippen molar-refractivity contribution >= 4 is 0 Å². The number of methoxy groups -OCH3 is 1. The summed E-state index contributed by atoms with van der Waals surface area (Å²) in [6.07, 6.45) is 1.76. The Morgan fingerprint density at radius 3 is 2.22 bits per heavy atom. The summed E-state index contributed by atoms with van der Waals surface area (Å²) in [5.74, 6) is 2.17. The highest BCUT2D eigenvalue weighted by Gasteiger charge is 2.13. The van der Waals surface area contributed by atoms with Gasteiger partial charge in [0.05, 0.1) is 19.0 Å². The molecule has 0 saturated carbocycles. The van der Waals surface area contributed by atoms with E-state index < -0.39 is 0 Å². The SMILES string of the molecule is COc1ccc(-n2c(C)nnc2-c2ccc(-c3ccccc3C)cc2)cn1. The topological polar surface area (TPSA) is 52.8 Å².